The van der Waals surface area contributed by atoms with Crippen LogP contribution in [0.2, 0.25) is 0 Å². The third-order valence-electron chi connectivity index (χ3n) is 2.88. The molecule has 1 aliphatic rings. The van der Waals surface area contributed by atoms with Crippen molar-refractivity contribution >= 4 is 23.3 Å². The number of carbonyl (C=O) groups excluding carboxylic acids is 1. The van der Waals surface area contributed by atoms with Crippen LogP contribution in [-0.4, -0.2) is 23.7 Å². The van der Waals surface area contributed by atoms with E-state index in [1.54, 1.807) is 17.4 Å². The molecule has 1 aromatic heterocycles. The number of amides is 1. The Kier molecular flexibility index (Phi) is 4.34. The lowest BCUT2D eigenvalue weighted by molar-refractivity contribution is -0.116. The summed E-state index contributed by atoms with van der Waals surface area (Å²) in [6.45, 7) is 0.546. The van der Waals surface area contributed by atoms with E-state index in [1.807, 2.05) is 16.8 Å². The van der Waals surface area contributed by atoms with Crippen molar-refractivity contribution in [3.05, 3.63) is 28.5 Å². The molecule has 0 aromatic carbocycles. The second kappa shape index (κ2) is 5.98. The SMILES string of the molecule is O=C(/C=C/c1ccsc1)NCC[C@H](O)C1CC1. The van der Waals surface area contributed by atoms with E-state index in [1.165, 1.54) is 6.08 Å². The van der Waals surface area contributed by atoms with Crippen molar-refractivity contribution in [2.24, 2.45) is 5.92 Å². The van der Waals surface area contributed by atoms with Crippen LogP contribution < -0.4 is 5.32 Å². The maximum absolute atomic E-state index is 11.4. The van der Waals surface area contributed by atoms with Crippen molar-refractivity contribution in [1.82, 2.24) is 5.32 Å². The van der Waals surface area contributed by atoms with Gasteiger partial charge in [0.2, 0.25) is 5.91 Å². The first-order valence-corrected chi connectivity index (χ1v) is 6.86. The molecule has 0 unspecified atom stereocenters. The van der Waals surface area contributed by atoms with Gasteiger partial charge in [-0.1, -0.05) is 0 Å². The van der Waals surface area contributed by atoms with E-state index in [9.17, 15) is 9.90 Å². The van der Waals surface area contributed by atoms with Gasteiger partial charge in [0.25, 0.3) is 0 Å². The Morgan fingerprint density at radius 1 is 1.65 bits per heavy atom. The summed E-state index contributed by atoms with van der Waals surface area (Å²) in [5.41, 5.74) is 1.04. The largest absolute Gasteiger partial charge is 0.393 e. The molecule has 4 heteroatoms. The molecule has 1 atom stereocenters. The van der Waals surface area contributed by atoms with E-state index >= 15 is 0 Å². The fraction of sp³-hybridized carbons (Fsp3) is 0.462. The van der Waals surface area contributed by atoms with Crippen LogP contribution in [0.3, 0.4) is 0 Å². The van der Waals surface area contributed by atoms with Crippen LogP contribution in [0.1, 0.15) is 24.8 Å². The minimum atomic E-state index is -0.240. The molecule has 0 saturated heterocycles. The van der Waals surface area contributed by atoms with Gasteiger partial charge in [0.15, 0.2) is 0 Å². The number of hydrogen-bond donors (Lipinski definition) is 2. The van der Waals surface area contributed by atoms with Crippen LogP contribution in [0.5, 0.6) is 0 Å². The summed E-state index contributed by atoms with van der Waals surface area (Å²) in [6.07, 6.45) is 6.01. The molecule has 17 heavy (non-hydrogen) atoms. The third kappa shape index (κ3) is 4.32. The molecule has 92 valence electrons. The molecule has 3 nitrogen and oxygen atoms in total. The number of aliphatic hydroxyl groups is 1. The van der Waals surface area contributed by atoms with Crippen molar-refractivity contribution < 1.29 is 9.90 Å². The molecule has 1 heterocycles. The number of thiophene rings is 1. The van der Waals surface area contributed by atoms with Crippen molar-refractivity contribution in [3.63, 3.8) is 0 Å². The van der Waals surface area contributed by atoms with Crippen LogP contribution in [0.15, 0.2) is 22.9 Å². The summed E-state index contributed by atoms with van der Waals surface area (Å²) in [5, 5.41) is 16.4. The van der Waals surface area contributed by atoms with Crippen LogP contribution in [0.4, 0.5) is 0 Å². The lowest BCUT2D eigenvalue weighted by Gasteiger charge is -2.08. The van der Waals surface area contributed by atoms with Crippen molar-refractivity contribution in [1.29, 1.82) is 0 Å². The standard InChI is InChI=1S/C13H17NO2S/c15-12(11-2-3-11)5-7-14-13(16)4-1-10-6-8-17-9-10/h1,4,6,8-9,11-12,15H,2-3,5,7H2,(H,14,16)/b4-1+/t12-/m0/s1. The summed E-state index contributed by atoms with van der Waals surface area (Å²) in [5.74, 6) is 0.382. The molecule has 0 spiro atoms. The van der Waals surface area contributed by atoms with Gasteiger partial charge in [-0.15, -0.1) is 0 Å². The van der Waals surface area contributed by atoms with Crippen molar-refractivity contribution in [2.75, 3.05) is 6.54 Å². The number of hydrogen-bond acceptors (Lipinski definition) is 3. The monoisotopic (exact) mass is 251 g/mol. The van der Waals surface area contributed by atoms with E-state index in [0.29, 0.717) is 18.9 Å². The van der Waals surface area contributed by atoms with Crippen LogP contribution in [0, 0.1) is 5.92 Å². The van der Waals surface area contributed by atoms with Crippen LogP contribution in [-0.2, 0) is 4.79 Å². The van der Waals surface area contributed by atoms with Gasteiger partial charge in [-0.25, -0.2) is 0 Å². The van der Waals surface area contributed by atoms with E-state index in [-0.39, 0.29) is 12.0 Å². The number of aliphatic hydroxyl groups excluding tert-OH is 1. The highest BCUT2D eigenvalue weighted by Gasteiger charge is 2.28. The number of nitrogens with one attached hydrogen (secondary N) is 1. The number of carbonyl (C=O) groups is 1. The Morgan fingerprint density at radius 3 is 3.12 bits per heavy atom. The zero-order chi connectivity index (χ0) is 12.1. The van der Waals surface area contributed by atoms with Gasteiger partial charge in [0.05, 0.1) is 6.10 Å². The van der Waals surface area contributed by atoms with Crippen molar-refractivity contribution in [2.45, 2.75) is 25.4 Å². The highest BCUT2D eigenvalue weighted by atomic mass is 32.1. The topological polar surface area (TPSA) is 49.3 Å². The zero-order valence-corrected chi connectivity index (χ0v) is 10.5. The Labute approximate surface area is 105 Å². The Bertz CT molecular complexity index is 382. The molecule has 2 rings (SSSR count). The molecule has 1 aromatic rings. The smallest absolute Gasteiger partial charge is 0.244 e. The highest BCUT2D eigenvalue weighted by molar-refractivity contribution is 7.08. The third-order valence-corrected chi connectivity index (χ3v) is 3.58. The van der Waals surface area contributed by atoms with Gasteiger partial charge in [-0.05, 0) is 53.6 Å². The maximum Gasteiger partial charge on any atom is 0.244 e. The second-order valence-electron chi connectivity index (χ2n) is 4.37. The van der Waals surface area contributed by atoms with Crippen LogP contribution in [0.25, 0.3) is 6.08 Å². The van der Waals surface area contributed by atoms with E-state index in [4.69, 9.17) is 0 Å². The molecule has 1 fully saturated rings. The average Bonchev–Trinajstić information content (AvgIpc) is 3.04. The fourth-order valence-electron chi connectivity index (χ4n) is 1.66. The molecule has 2 N–H and O–H groups in total. The quantitative estimate of drug-likeness (QED) is 0.760. The van der Waals surface area contributed by atoms with E-state index in [2.05, 4.69) is 5.32 Å². The summed E-state index contributed by atoms with van der Waals surface area (Å²) >= 11 is 1.61. The summed E-state index contributed by atoms with van der Waals surface area (Å²) in [6, 6.07) is 1.96. The van der Waals surface area contributed by atoms with Crippen LogP contribution >= 0.6 is 11.3 Å². The molecule has 0 radical (unpaired) electrons. The number of rotatable bonds is 6. The lowest BCUT2D eigenvalue weighted by atomic mass is 10.1. The maximum atomic E-state index is 11.4. The minimum Gasteiger partial charge on any atom is -0.393 e. The average molecular weight is 251 g/mol. The normalized spacial score (nSPS) is 17.2. The van der Waals surface area contributed by atoms with Gasteiger partial charge < -0.3 is 10.4 Å². The first-order valence-electron chi connectivity index (χ1n) is 5.92. The molecular weight excluding hydrogens is 234 g/mol. The molecule has 1 saturated carbocycles. The fourth-order valence-corrected chi connectivity index (χ4v) is 2.29. The molecule has 0 bridgehead atoms. The second-order valence-corrected chi connectivity index (χ2v) is 5.15. The first kappa shape index (κ1) is 12.3. The van der Waals surface area contributed by atoms with E-state index in [0.717, 1.165) is 18.4 Å². The Balaban J connectivity index is 1.63. The Morgan fingerprint density at radius 2 is 2.47 bits per heavy atom. The van der Waals surface area contributed by atoms with Gasteiger partial charge in [0.1, 0.15) is 0 Å². The lowest BCUT2D eigenvalue weighted by Crippen LogP contribution is -2.26. The van der Waals surface area contributed by atoms with Gasteiger partial charge in [-0.2, -0.15) is 11.3 Å². The predicted octanol–water partition coefficient (Wildman–Crippen LogP) is 2.04. The van der Waals surface area contributed by atoms with Gasteiger partial charge in [0, 0.05) is 12.6 Å². The Hall–Kier alpha value is -1.13. The van der Waals surface area contributed by atoms with Gasteiger partial charge in [-0.3, -0.25) is 4.79 Å². The molecule has 1 aliphatic carbocycles. The predicted molar refractivity (Wildman–Crippen MR) is 69.7 cm³/mol. The minimum absolute atomic E-state index is 0.0980. The first-order chi connectivity index (χ1) is 8.25. The zero-order valence-electron chi connectivity index (χ0n) is 9.63. The van der Waals surface area contributed by atoms with Crippen molar-refractivity contribution in [3.8, 4) is 0 Å². The van der Waals surface area contributed by atoms with E-state index < -0.39 is 0 Å². The highest BCUT2D eigenvalue weighted by Crippen LogP contribution is 2.33. The molecular formula is C13H17NO2S. The summed E-state index contributed by atoms with van der Waals surface area (Å²) in [7, 11) is 0. The molecule has 0 aliphatic heterocycles. The summed E-state index contributed by atoms with van der Waals surface area (Å²) in [4.78, 5) is 11.4. The summed E-state index contributed by atoms with van der Waals surface area (Å²) < 4.78 is 0. The van der Waals surface area contributed by atoms with Gasteiger partial charge >= 0.3 is 0 Å². The molecule has 1 amide bonds.